The summed E-state index contributed by atoms with van der Waals surface area (Å²) in [7, 11) is 1.31. The Labute approximate surface area is 127 Å². The summed E-state index contributed by atoms with van der Waals surface area (Å²) in [6, 6.07) is 0. The van der Waals surface area contributed by atoms with Crippen LogP contribution in [0.4, 0.5) is 0 Å². The third-order valence-electron chi connectivity index (χ3n) is 3.41. The van der Waals surface area contributed by atoms with Crippen molar-refractivity contribution >= 4 is 11.9 Å². The van der Waals surface area contributed by atoms with Gasteiger partial charge in [0.05, 0.1) is 18.6 Å². The normalized spacial score (nSPS) is 16.3. The Balaban J connectivity index is 5.14. The Morgan fingerprint density at radius 1 is 1.29 bits per heavy atom. The van der Waals surface area contributed by atoms with E-state index >= 15 is 0 Å². The van der Waals surface area contributed by atoms with Gasteiger partial charge in [-0.3, -0.25) is 9.59 Å². The second kappa shape index (κ2) is 8.82. The zero-order valence-corrected chi connectivity index (χ0v) is 13.9. The maximum Gasteiger partial charge on any atom is 0.315 e. The predicted molar refractivity (Wildman–Crippen MR) is 80.6 cm³/mol. The first-order valence-corrected chi connectivity index (χ1v) is 7.28. The summed E-state index contributed by atoms with van der Waals surface area (Å²) in [6.45, 7) is 8.50. The van der Waals surface area contributed by atoms with Gasteiger partial charge in [-0.15, -0.1) is 0 Å². The third-order valence-corrected chi connectivity index (χ3v) is 3.41. The van der Waals surface area contributed by atoms with Crippen LogP contribution in [0.3, 0.4) is 0 Å². The molecule has 0 saturated heterocycles. The number of methoxy groups -OCH3 is 1. The number of carbonyl (C=O) groups is 2. The molecule has 122 valence electrons. The van der Waals surface area contributed by atoms with Gasteiger partial charge < -0.3 is 14.6 Å². The number of hydrogen-bond donors (Lipinski definition) is 1. The molecule has 3 atom stereocenters. The van der Waals surface area contributed by atoms with Gasteiger partial charge in [-0.05, 0) is 20.3 Å². The second-order valence-electron chi connectivity index (χ2n) is 5.84. The lowest BCUT2D eigenvalue weighted by atomic mass is 9.79. The molecule has 0 amide bonds. The largest absolute Gasteiger partial charge is 0.468 e. The Bertz CT molecular complexity index is 373. The fraction of sp³-hybridized carbons (Fsp3) is 0.750. The van der Waals surface area contributed by atoms with Crippen molar-refractivity contribution in [3.63, 3.8) is 0 Å². The summed E-state index contributed by atoms with van der Waals surface area (Å²) < 4.78 is 10.1. The molecular weight excluding hydrogens is 272 g/mol. The van der Waals surface area contributed by atoms with E-state index in [1.807, 2.05) is 13.8 Å². The molecule has 0 aromatic rings. The Morgan fingerprint density at radius 2 is 1.86 bits per heavy atom. The minimum Gasteiger partial charge on any atom is -0.468 e. The first-order valence-electron chi connectivity index (χ1n) is 7.28. The van der Waals surface area contributed by atoms with Crippen molar-refractivity contribution in [3.8, 4) is 0 Å². The van der Waals surface area contributed by atoms with Crippen molar-refractivity contribution in [2.45, 2.75) is 59.7 Å². The summed E-state index contributed by atoms with van der Waals surface area (Å²) in [5, 5.41) is 9.73. The molecule has 0 aliphatic carbocycles. The van der Waals surface area contributed by atoms with E-state index in [9.17, 15) is 14.7 Å². The molecule has 0 bridgehead atoms. The average Bonchev–Trinajstić information content (AvgIpc) is 2.41. The van der Waals surface area contributed by atoms with Gasteiger partial charge in [0.25, 0.3) is 0 Å². The number of esters is 2. The zero-order valence-electron chi connectivity index (χ0n) is 13.9. The van der Waals surface area contributed by atoms with Crippen molar-refractivity contribution in [3.05, 3.63) is 12.2 Å². The molecule has 5 heteroatoms. The van der Waals surface area contributed by atoms with Crippen LogP contribution in [0.1, 0.15) is 47.5 Å². The third kappa shape index (κ3) is 6.29. The monoisotopic (exact) mass is 300 g/mol. The van der Waals surface area contributed by atoms with Crippen LogP contribution in [0.25, 0.3) is 0 Å². The van der Waals surface area contributed by atoms with Crippen LogP contribution < -0.4 is 0 Å². The lowest BCUT2D eigenvalue weighted by Gasteiger charge is -2.34. The van der Waals surface area contributed by atoms with E-state index < -0.39 is 29.6 Å². The van der Waals surface area contributed by atoms with Gasteiger partial charge in [0.15, 0.2) is 0 Å². The molecule has 0 aliphatic rings. The van der Waals surface area contributed by atoms with Gasteiger partial charge in [-0.2, -0.15) is 0 Å². The van der Waals surface area contributed by atoms with Crippen molar-refractivity contribution in [1.29, 1.82) is 0 Å². The van der Waals surface area contributed by atoms with E-state index in [1.54, 1.807) is 26.0 Å². The summed E-state index contributed by atoms with van der Waals surface area (Å²) in [5.41, 5.74) is -0.972. The van der Waals surface area contributed by atoms with Crippen LogP contribution in [0, 0.1) is 11.3 Å². The Morgan fingerprint density at radius 3 is 2.29 bits per heavy atom. The van der Waals surface area contributed by atoms with E-state index in [0.717, 1.165) is 6.42 Å². The Hall–Kier alpha value is -1.36. The topological polar surface area (TPSA) is 72.8 Å². The maximum atomic E-state index is 11.9. The molecule has 5 nitrogen and oxygen atoms in total. The van der Waals surface area contributed by atoms with Crippen LogP contribution in [-0.2, 0) is 19.1 Å². The molecule has 1 N–H and O–H groups in total. The quantitative estimate of drug-likeness (QED) is 0.550. The fourth-order valence-corrected chi connectivity index (χ4v) is 2.27. The molecule has 0 spiro atoms. The molecule has 0 saturated carbocycles. The lowest BCUT2D eigenvalue weighted by Crippen LogP contribution is -2.44. The summed E-state index contributed by atoms with van der Waals surface area (Å²) in [4.78, 5) is 23.2. The smallest absolute Gasteiger partial charge is 0.315 e. The summed E-state index contributed by atoms with van der Waals surface area (Å²) >= 11 is 0. The van der Waals surface area contributed by atoms with E-state index in [2.05, 4.69) is 0 Å². The minimum atomic E-state index is -0.972. The lowest BCUT2D eigenvalue weighted by molar-refractivity contribution is -0.170. The van der Waals surface area contributed by atoms with Crippen molar-refractivity contribution in [1.82, 2.24) is 0 Å². The summed E-state index contributed by atoms with van der Waals surface area (Å²) in [5.74, 6) is -1.12. The van der Waals surface area contributed by atoms with Gasteiger partial charge in [0, 0.05) is 12.8 Å². The standard InChI is InChI=1S/C16H28O5/c1-7-8-13(18)10-9-11(2)14(21-12(3)17)16(4,5)15(19)20-6/h9-11,13-14,18H,7-8H2,1-6H3/b10-9+/t11-,13+,14+/m1/s1. The highest BCUT2D eigenvalue weighted by Gasteiger charge is 2.42. The van der Waals surface area contributed by atoms with E-state index in [0.29, 0.717) is 6.42 Å². The van der Waals surface area contributed by atoms with Gasteiger partial charge >= 0.3 is 11.9 Å². The molecule has 0 aromatic carbocycles. The maximum absolute atomic E-state index is 11.9. The first kappa shape index (κ1) is 19.6. The van der Waals surface area contributed by atoms with E-state index in [1.165, 1.54) is 14.0 Å². The van der Waals surface area contributed by atoms with Crippen LogP contribution in [0.15, 0.2) is 12.2 Å². The van der Waals surface area contributed by atoms with Crippen LogP contribution in [-0.4, -0.2) is 36.4 Å². The van der Waals surface area contributed by atoms with Crippen LogP contribution in [0.2, 0.25) is 0 Å². The Kier molecular flexibility index (Phi) is 8.25. The predicted octanol–water partition coefficient (Wildman–Crippen LogP) is 2.47. The number of ether oxygens (including phenoxy) is 2. The van der Waals surface area contributed by atoms with Gasteiger partial charge in [0.2, 0.25) is 0 Å². The van der Waals surface area contributed by atoms with Crippen LogP contribution in [0.5, 0.6) is 0 Å². The van der Waals surface area contributed by atoms with Gasteiger partial charge in [0.1, 0.15) is 6.10 Å². The van der Waals surface area contributed by atoms with Crippen molar-refractivity contribution in [2.24, 2.45) is 11.3 Å². The number of rotatable bonds is 8. The molecule has 0 aromatic heterocycles. The molecule has 21 heavy (non-hydrogen) atoms. The highest BCUT2D eigenvalue weighted by atomic mass is 16.6. The van der Waals surface area contributed by atoms with E-state index in [-0.39, 0.29) is 5.92 Å². The molecule has 0 fully saturated rings. The number of hydrogen-bond acceptors (Lipinski definition) is 5. The van der Waals surface area contributed by atoms with E-state index in [4.69, 9.17) is 9.47 Å². The SMILES string of the molecule is CCC[C@H](O)/C=C/[C@@H](C)[C@H](OC(C)=O)C(C)(C)C(=O)OC. The highest BCUT2D eigenvalue weighted by molar-refractivity contribution is 5.77. The molecule has 0 radical (unpaired) electrons. The number of carbonyl (C=O) groups excluding carboxylic acids is 2. The zero-order chi connectivity index (χ0) is 16.6. The molecule has 0 aliphatic heterocycles. The number of aliphatic hydroxyl groups is 1. The molecule has 0 rings (SSSR count). The second-order valence-corrected chi connectivity index (χ2v) is 5.84. The molecular formula is C16H28O5. The summed E-state index contributed by atoms with van der Waals surface area (Å²) in [6.07, 6.45) is 3.81. The molecule has 0 unspecified atom stereocenters. The minimum absolute atomic E-state index is 0.227. The van der Waals surface area contributed by atoms with Gasteiger partial charge in [-0.1, -0.05) is 32.4 Å². The number of aliphatic hydroxyl groups excluding tert-OH is 1. The highest BCUT2D eigenvalue weighted by Crippen LogP contribution is 2.31. The van der Waals surface area contributed by atoms with Gasteiger partial charge in [-0.25, -0.2) is 0 Å². The fourth-order valence-electron chi connectivity index (χ4n) is 2.27. The van der Waals surface area contributed by atoms with Crippen molar-refractivity contribution < 1.29 is 24.2 Å². The molecule has 0 heterocycles. The van der Waals surface area contributed by atoms with Crippen molar-refractivity contribution in [2.75, 3.05) is 7.11 Å². The average molecular weight is 300 g/mol. The first-order chi connectivity index (χ1) is 9.66. The van der Waals surface area contributed by atoms with Crippen LogP contribution >= 0.6 is 0 Å².